The Morgan fingerprint density at radius 1 is 1.55 bits per heavy atom. The summed E-state index contributed by atoms with van der Waals surface area (Å²) in [5, 5.41) is 9.26. The fraction of sp³-hybridized carbons (Fsp3) is 0.400. The number of aromatic nitrogens is 1. The van der Waals surface area contributed by atoms with E-state index >= 15 is 0 Å². The number of nitrogens with zero attached hydrogens (tertiary/aromatic N) is 2. The molecule has 7 heteroatoms. The number of amidine groups is 1. The Hall–Kier alpha value is -2.41. The van der Waals surface area contributed by atoms with E-state index in [4.69, 9.17) is 4.74 Å². The first kappa shape index (κ1) is 14.5. The summed E-state index contributed by atoms with van der Waals surface area (Å²) in [5.41, 5.74) is 1.69. The number of fused-ring (bicyclic) bond motifs is 1. The van der Waals surface area contributed by atoms with Crippen molar-refractivity contribution < 1.29 is 9.53 Å². The van der Waals surface area contributed by atoms with Gasteiger partial charge in [-0.25, -0.2) is 4.98 Å². The van der Waals surface area contributed by atoms with Crippen molar-refractivity contribution in [1.29, 1.82) is 0 Å². The third-order valence-electron chi connectivity index (χ3n) is 3.75. The molecule has 0 aromatic carbocycles. The Labute approximate surface area is 128 Å². The summed E-state index contributed by atoms with van der Waals surface area (Å²) in [7, 11) is 1.57. The summed E-state index contributed by atoms with van der Waals surface area (Å²) < 4.78 is 5.07. The van der Waals surface area contributed by atoms with Gasteiger partial charge in [-0.2, -0.15) is 0 Å². The number of amides is 1. The van der Waals surface area contributed by atoms with Crippen LogP contribution in [0.2, 0.25) is 0 Å². The fourth-order valence-corrected chi connectivity index (χ4v) is 2.55. The van der Waals surface area contributed by atoms with Crippen molar-refractivity contribution in [2.45, 2.75) is 13.0 Å². The standard InChI is InChI=1S/C15H19N5O2/c1-22-13-4-10(2-3-17-13)6-19-15(21)12-5-11-7-16-9-20-14(11)18-8-12/h2-4,8,11,16H,5-7,9H2,1H3,(H,18,20)(H,19,21). The maximum Gasteiger partial charge on any atom is 0.248 e. The monoisotopic (exact) mass is 301 g/mol. The molecule has 0 fully saturated rings. The van der Waals surface area contributed by atoms with E-state index in [-0.39, 0.29) is 11.8 Å². The van der Waals surface area contributed by atoms with Gasteiger partial charge >= 0.3 is 0 Å². The van der Waals surface area contributed by atoms with Gasteiger partial charge in [0.15, 0.2) is 0 Å². The highest BCUT2D eigenvalue weighted by Gasteiger charge is 2.26. The van der Waals surface area contributed by atoms with E-state index in [0.717, 1.165) is 23.5 Å². The first-order valence-electron chi connectivity index (χ1n) is 7.24. The van der Waals surface area contributed by atoms with Gasteiger partial charge in [-0.05, 0) is 18.1 Å². The van der Waals surface area contributed by atoms with E-state index in [1.165, 1.54) is 0 Å². The molecule has 116 valence electrons. The number of carbonyl (C=O) groups excluding carboxylic acids is 1. The number of pyridine rings is 1. The molecule has 7 nitrogen and oxygen atoms in total. The van der Waals surface area contributed by atoms with Crippen molar-refractivity contribution in [1.82, 2.24) is 20.9 Å². The Kier molecular flexibility index (Phi) is 4.34. The minimum absolute atomic E-state index is 0.0621. The van der Waals surface area contributed by atoms with Gasteiger partial charge in [-0.15, -0.1) is 0 Å². The number of rotatable bonds is 4. The van der Waals surface area contributed by atoms with Crippen molar-refractivity contribution in [2.24, 2.45) is 10.9 Å². The van der Waals surface area contributed by atoms with Crippen molar-refractivity contribution in [3.05, 3.63) is 35.7 Å². The average Bonchev–Trinajstić information content (AvgIpc) is 2.59. The summed E-state index contributed by atoms with van der Waals surface area (Å²) in [4.78, 5) is 20.7. The molecule has 0 spiro atoms. The average molecular weight is 301 g/mol. The van der Waals surface area contributed by atoms with E-state index in [1.807, 2.05) is 12.1 Å². The van der Waals surface area contributed by atoms with E-state index < -0.39 is 0 Å². The predicted molar refractivity (Wildman–Crippen MR) is 82.3 cm³/mol. The van der Waals surface area contributed by atoms with Crippen LogP contribution < -0.4 is 20.7 Å². The lowest BCUT2D eigenvalue weighted by atomic mass is 9.94. The number of ether oxygens (including phenoxy) is 1. The van der Waals surface area contributed by atoms with Crippen LogP contribution in [0.5, 0.6) is 5.88 Å². The van der Waals surface area contributed by atoms with Crippen LogP contribution in [0, 0.1) is 5.92 Å². The summed E-state index contributed by atoms with van der Waals surface area (Å²) in [6, 6.07) is 3.66. The second kappa shape index (κ2) is 6.57. The van der Waals surface area contributed by atoms with Crippen LogP contribution in [0.15, 0.2) is 35.1 Å². The third kappa shape index (κ3) is 3.25. The van der Waals surface area contributed by atoms with Crippen LogP contribution in [-0.2, 0) is 11.3 Å². The lowest BCUT2D eigenvalue weighted by Crippen LogP contribution is -2.44. The Balaban J connectivity index is 1.59. The number of hydrogen-bond donors (Lipinski definition) is 3. The smallest absolute Gasteiger partial charge is 0.248 e. The van der Waals surface area contributed by atoms with Gasteiger partial charge in [0.1, 0.15) is 5.84 Å². The molecule has 0 bridgehead atoms. The number of methoxy groups -OCH3 is 1. The molecule has 0 radical (unpaired) electrons. The Morgan fingerprint density at radius 3 is 3.32 bits per heavy atom. The molecule has 3 heterocycles. The minimum atomic E-state index is -0.0621. The number of carbonyl (C=O) groups is 1. The van der Waals surface area contributed by atoms with Gasteiger partial charge < -0.3 is 15.4 Å². The van der Waals surface area contributed by atoms with E-state index in [1.54, 1.807) is 19.5 Å². The number of hydrogen-bond acceptors (Lipinski definition) is 6. The van der Waals surface area contributed by atoms with Crippen molar-refractivity contribution in [2.75, 3.05) is 20.3 Å². The molecule has 0 saturated carbocycles. The lowest BCUT2D eigenvalue weighted by molar-refractivity contribution is -0.117. The second-order valence-electron chi connectivity index (χ2n) is 5.26. The second-order valence-corrected chi connectivity index (χ2v) is 5.26. The lowest BCUT2D eigenvalue weighted by Gasteiger charge is -2.28. The molecule has 0 aliphatic carbocycles. The van der Waals surface area contributed by atoms with E-state index in [0.29, 0.717) is 25.5 Å². The first-order valence-corrected chi connectivity index (χ1v) is 7.24. The largest absolute Gasteiger partial charge is 0.481 e. The zero-order valence-corrected chi connectivity index (χ0v) is 12.4. The summed E-state index contributed by atoms with van der Waals surface area (Å²) in [6.07, 6.45) is 4.12. The molecule has 0 saturated heterocycles. The number of nitrogens with one attached hydrogen (secondary N) is 3. The van der Waals surface area contributed by atoms with Crippen molar-refractivity contribution >= 4 is 11.7 Å². The molecule has 1 aromatic rings. The highest BCUT2D eigenvalue weighted by molar-refractivity contribution is 5.97. The molecule has 22 heavy (non-hydrogen) atoms. The molecule has 1 aromatic heterocycles. The highest BCUT2D eigenvalue weighted by atomic mass is 16.5. The van der Waals surface area contributed by atoms with Crippen LogP contribution in [0.3, 0.4) is 0 Å². The third-order valence-corrected chi connectivity index (χ3v) is 3.75. The SMILES string of the molecule is COc1cc(CNC(=O)C2=CNC3=NCNCC3C2)ccn1. The maximum absolute atomic E-state index is 12.3. The Bertz CT molecular complexity index is 626. The van der Waals surface area contributed by atoms with Crippen molar-refractivity contribution in [3.8, 4) is 5.88 Å². The van der Waals surface area contributed by atoms with Gasteiger partial charge in [-0.3, -0.25) is 15.1 Å². The topological polar surface area (TPSA) is 87.6 Å². The van der Waals surface area contributed by atoms with Crippen molar-refractivity contribution in [3.63, 3.8) is 0 Å². The fourth-order valence-electron chi connectivity index (χ4n) is 2.55. The van der Waals surface area contributed by atoms with E-state index in [9.17, 15) is 4.79 Å². The zero-order chi connectivity index (χ0) is 15.4. The van der Waals surface area contributed by atoms with Gasteiger partial charge in [-0.1, -0.05) is 0 Å². The minimum Gasteiger partial charge on any atom is -0.481 e. The van der Waals surface area contributed by atoms with Crippen LogP contribution in [0.1, 0.15) is 12.0 Å². The molecule has 3 N–H and O–H groups in total. The van der Waals surface area contributed by atoms with Crippen LogP contribution in [0.25, 0.3) is 0 Å². The molecule has 1 unspecified atom stereocenters. The summed E-state index contributed by atoms with van der Waals surface area (Å²) in [6.45, 7) is 1.93. The molecule has 1 amide bonds. The van der Waals surface area contributed by atoms with Gasteiger partial charge in [0.2, 0.25) is 11.8 Å². The van der Waals surface area contributed by atoms with Gasteiger partial charge in [0, 0.05) is 43.0 Å². The normalized spacial score (nSPS) is 20.1. The molecular formula is C15H19N5O2. The molecule has 2 aliphatic rings. The first-order chi connectivity index (χ1) is 10.8. The quantitative estimate of drug-likeness (QED) is 0.737. The molecular weight excluding hydrogens is 282 g/mol. The zero-order valence-electron chi connectivity index (χ0n) is 12.4. The predicted octanol–water partition coefficient (Wildman–Crippen LogP) is 0.159. The molecule has 1 atom stereocenters. The van der Waals surface area contributed by atoms with Crippen LogP contribution >= 0.6 is 0 Å². The van der Waals surface area contributed by atoms with E-state index in [2.05, 4.69) is 25.9 Å². The summed E-state index contributed by atoms with van der Waals surface area (Å²) >= 11 is 0. The highest BCUT2D eigenvalue weighted by Crippen LogP contribution is 2.18. The molecule has 2 aliphatic heterocycles. The van der Waals surface area contributed by atoms with Gasteiger partial charge in [0.05, 0.1) is 13.8 Å². The Morgan fingerprint density at radius 2 is 2.45 bits per heavy atom. The van der Waals surface area contributed by atoms with Crippen LogP contribution in [-0.4, -0.2) is 37.1 Å². The van der Waals surface area contributed by atoms with Gasteiger partial charge in [0.25, 0.3) is 0 Å². The molecule has 3 rings (SSSR count). The number of aliphatic imine (C=N–C) groups is 1. The summed E-state index contributed by atoms with van der Waals surface area (Å²) in [5.74, 6) is 1.70. The maximum atomic E-state index is 12.3. The van der Waals surface area contributed by atoms with Crippen LogP contribution in [0.4, 0.5) is 0 Å².